The Labute approximate surface area is 165 Å². The first-order valence-corrected chi connectivity index (χ1v) is 9.13. The predicted octanol–water partition coefficient (Wildman–Crippen LogP) is 4.47. The maximum atomic E-state index is 6.01. The average Bonchev–Trinajstić information content (AvgIpc) is 2.61. The smallest absolute Gasteiger partial charge is 0.163 e. The molecule has 142 valence electrons. The number of rotatable bonds is 10. The van der Waals surface area contributed by atoms with Gasteiger partial charge in [0.15, 0.2) is 11.5 Å². The van der Waals surface area contributed by atoms with Gasteiger partial charge in [-0.05, 0) is 44.4 Å². The van der Waals surface area contributed by atoms with E-state index in [1.54, 1.807) is 13.2 Å². The summed E-state index contributed by atoms with van der Waals surface area (Å²) in [5.74, 6) is 1.46. The number of halogens is 2. The molecule has 0 aliphatic carbocycles. The minimum atomic E-state index is 0.541. The Balaban J connectivity index is 1.85. The molecule has 0 spiro atoms. The zero-order chi connectivity index (χ0) is 18.9. The molecular formula is C19H25Cl2N3O2. The van der Waals surface area contributed by atoms with Gasteiger partial charge in [-0.3, -0.25) is 0 Å². The molecular weight excluding hydrogens is 373 g/mol. The van der Waals surface area contributed by atoms with E-state index in [1.807, 2.05) is 44.4 Å². The summed E-state index contributed by atoms with van der Waals surface area (Å²) in [7, 11) is 5.67. The second kappa shape index (κ2) is 10.4. The monoisotopic (exact) mass is 397 g/mol. The molecule has 0 heterocycles. The number of likely N-dealkylation sites (N-methyl/N-ethyl adjacent to an activating group) is 1. The fraction of sp³-hybridized carbons (Fsp3) is 0.368. The van der Waals surface area contributed by atoms with Crippen molar-refractivity contribution in [1.29, 1.82) is 0 Å². The molecule has 26 heavy (non-hydrogen) atoms. The SMILES string of the molecule is COc1ccc(NCCNc2ccc(Cl)c(Cl)c2)cc1OCCN(C)C. The summed E-state index contributed by atoms with van der Waals surface area (Å²) in [6.07, 6.45) is 0. The fourth-order valence-electron chi connectivity index (χ4n) is 2.26. The van der Waals surface area contributed by atoms with Crippen molar-refractivity contribution in [2.45, 2.75) is 0 Å². The van der Waals surface area contributed by atoms with Crippen LogP contribution in [0, 0.1) is 0 Å². The van der Waals surface area contributed by atoms with E-state index in [-0.39, 0.29) is 0 Å². The van der Waals surface area contributed by atoms with Gasteiger partial charge in [-0.2, -0.15) is 0 Å². The highest BCUT2D eigenvalue weighted by Crippen LogP contribution is 2.30. The van der Waals surface area contributed by atoms with Gasteiger partial charge < -0.3 is 25.0 Å². The lowest BCUT2D eigenvalue weighted by atomic mass is 10.2. The third-order valence-electron chi connectivity index (χ3n) is 3.66. The minimum Gasteiger partial charge on any atom is -0.493 e. The van der Waals surface area contributed by atoms with Crippen LogP contribution in [0.5, 0.6) is 11.5 Å². The molecule has 0 unspecified atom stereocenters. The standard InChI is InChI=1S/C19H25Cl2N3O2/c1-24(2)10-11-26-19-13-15(5-7-18(19)25-3)23-9-8-22-14-4-6-16(20)17(21)12-14/h4-7,12-13,22-23H,8-11H2,1-3H3. The molecule has 0 aromatic heterocycles. The van der Waals surface area contributed by atoms with E-state index in [4.69, 9.17) is 32.7 Å². The van der Waals surface area contributed by atoms with E-state index < -0.39 is 0 Å². The van der Waals surface area contributed by atoms with E-state index in [0.29, 0.717) is 16.7 Å². The molecule has 0 aliphatic heterocycles. The van der Waals surface area contributed by atoms with Gasteiger partial charge in [0.25, 0.3) is 0 Å². The molecule has 0 saturated carbocycles. The highest BCUT2D eigenvalue weighted by atomic mass is 35.5. The lowest BCUT2D eigenvalue weighted by Crippen LogP contribution is -2.19. The number of hydrogen-bond donors (Lipinski definition) is 2. The van der Waals surface area contributed by atoms with Gasteiger partial charge in [0.1, 0.15) is 6.61 Å². The Hall–Kier alpha value is -1.82. The first-order chi connectivity index (χ1) is 12.5. The van der Waals surface area contributed by atoms with E-state index in [0.717, 1.165) is 42.5 Å². The molecule has 7 heteroatoms. The summed E-state index contributed by atoms with van der Waals surface area (Å²) in [5, 5.41) is 7.76. The number of methoxy groups -OCH3 is 1. The molecule has 2 aromatic carbocycles. The molecule has 0 amide bonds. The topological polar surface area (TPSA) is 45.8 Å². The van der Waals surface area contributed by atoms with Crippen molar-refractivity contribution >= 4 is 34.6 Å². The maximum absolute atomic E-state index is 6.01. The molecule has 0 saturated heterocycles. The van der Waals surface area contributed by atoms with Crippen LogP contribution in [0.3, 0.4) is 0 Å². The fourth-order valence-corrected chi connectivity index (χ4v) is 2.56. The van der Waals surface area contributed by atoms with Crippen molar-refractivity contribution in [2.24, 2.45) is 0 Å². The molecule has 2 N–H and O–H groups in total. The van der Waals surface area contributed by atoms with Gasteiger partial charge in [-0.1, -0.05) is 23.2 Å². The lowest BCUT2D eigenvalue weighted by molar-refractivity contribution is 0.251. The molecule has 0 radical (unpaired) electrons. The number of hydrogen-bond acceptors (Lipinski definition) is 5. The molecule has 2 rings (SSSR count). The van der Waals surface area contributed by atoms with Gasteiger partial charge in [0, 0.05) is 37.1 Å². The zero-order valence-corrected chi connectivity index (χ0v) is 16.8. The average molecular weight is 398 g/mol. The van der Waals surface area contributed by atoms with Crippen LogP contribution in [-0.2, 0) is 0 Å². The second-order valence-corrected chi connectivity index (χ2v) is 6.81. The first-order valence-electron chi connectivity index (χ1n) is 8.38. The van der Waals surface area contributed by atoms with Crippen LogP contribution in [-0.4, -0.2) is 52.3 Å². The maximum Gasteiger partial charge on any atom is 0.163 e. The van der Waals surface area contributed by atoms with Crippen LogP contribution in [0.15, 0.2) is 36.4 Å². The Morgan fingerprint density at radius 1 is 0.885 bits per heavy atom. The van der Waals surface area contributed by atoms with Crippen LogP contribution in [0.2, 0.25) is 10.0 Å². The first kappa shape index (κ1) is 20.5. The Kier molecular flexibility index (Phi) is 8.16. The van der Waals surface area contributed by atoms with Crippen LogP contribution in [0.4, 0.5) is 11.4 Å². The molecule has 5 nitrogen and oxygen atoms in total. The minimum absolute atomic E-state index is 0.541. The summed E-state index contributed by atoms with van der Waals surface area (Å²) >= 11 is 11.9. The Morgan fingerprint density at radius 2 is 1.54 bits per heavy atom. The lowest BCUT2D eigenvalue weighted by Gasteiger charge is -2.15. The Bertz CT molecular complexity index is 711. The quantitative estimate of drug-likeness (QED) is 0.579. The van der Waals surface area contributed by atoms with Gasteiger partial charge >= 0.3 is 0 Å². The van der Waals surface area contributed by atoms with Crippen LogP contribution < -0.4 is 20.1 Å². The highest BCUT2D eigenvalue weighted by Gasteiger charge is 2.06. The number of nitrogens with zero attached hydrogens (tertiary/aromatic N) is 1. The third kappa shape index (κ3) is 6.48. The molecule has 0 bridgehead atoms. The zero-order valence-electron chi connectivity index (χ0n) is 15.3. The number of benzene rings is 2. The molecule has 0 aliphatic rings. The summed E-state index contributed by atoms with van der Waals surface area (Å²) in [5.41, 5.74) is 1.91. The van der Waals surface area contributed by atoms with Crippen LogP contribution in [0.25, 0.3) is 0 Å². The number of nitrogens with one attached hydrogen (secondary N) is 2. The summed E-state index contributed by atoms with van der Waals surface area (Å²) in [6.45, 7) is 2.92. The van der Waals surface area contributed by atoms with Gasteiger partial charge in [0.2, 0.25) is 0 Å². The van der Waals surface area contributed by atoms with Gasteiger partial charge in [-0.15, -0.1) is 0 Å². The van der Waals surface area contributed by atoms with Gasteiger partial charge in [-0.25, -0.2) is 0 Å². The van der Waals surface area contributed by atoms with Crippen molar-refractivity contribution in [1.82, 2.24) is 4.90 Å². The van der Waals surface area contributed by atoms with E-state index >= 15 is 0 Å². The highest BCUT2D eigenvalue weighted by molar-refractivity contribution is 6.42. The van der Waals surface area contributed by atoms with Crippen molar-refractivity contribution in [2.75, 3.05) is 58.1 Å². The molecule has 2 aromatic rings. The normalized spacial score (nSPS) is 10.7. The van der Waals surface area contributed by atoms with Crippen LogP contribution in [0.1, 0.15) is 0 Å². The van der Waals surface area contributed by atoms with Crippen LogP contribution >= 0.6 is 23.2 Å². The predicted molar refractivity (Wildman–Crippen MR) is 110 cm³/mol. The van der Waals surface area contributed by atoms with E-state index in [9.17, 15) is 0 Å². The number of anilines is 2. The van der Waals surface area contributed by atoms with E-state index in [1.165, 1.54) is 0 Å². The van der Waals surface area contributed by atoms with Crippen molar-refractivity contribution < 1.29 is 9.47 Å². The van der Waals surface area contributed by atoms with Gasteiger partial charge in [0.05, 0.1) is 17.2 Å². The second-order valence-electron chi connectivity index (χ2n) is 6.00. The van der Waals surface area contributed by atoms with Crippen molar-refractivity contribution in [3.63, 3.8) is 0 Å². The largest absolute Gasteiger partial charge is 0.493 e. The van der Waals surface area contributed by atoms with E-state index in [2.05, 4.69) is 15.5 Å². The third-order valence-corrected chi connectivity index (χ3v) is 4.40. The summed E-state index contributed by atoms with van der Waals surface area (Å²) in [6, 6.07) is 11.3. The summed E-state index contributed by atoms with van der Waals surface area (Å²) in [4.78, 5) is 2.07. The summed E-state index contributed by atoms with van der Waals surface area (Å²) < 4.78 is 11.2. The number of ether oxygens (including phenoxy) is 2. The molecule has 0 fully saturated rings. The van der Waals surface area contributed by atoms with Crippen molar-refractivity contribution in [3.05, 3.63) is 46.4 Å². The molecule has 0 atom stereocenters. The van der Waals surface area contributed by atoms with Crippen molar-refractivity contribution in [3.8, 4) is 11.5 Å². The Morgan fingerprint density at radius 3 is 2.15 bits per heavy atom.